The molecule has 0 aliphatic rings. The number of hydrogen-bond donors (Lipinski definition) is 1. The van der Waals surface area contributed by atoms with Crippen LogP contribution in [-0.4, -0.2) is 27.6 Å². The number of methoxy groups -OCH3 is 1. The van der Waals surface area contributed by atoms with E-state index in [4.69, 9.17) is 4.74 Å². The number of fused-ring (bicyclic) bond motifs is 1. The van der Waals surface area contributed by atoms with Crippen LogP contribution in [0, 0.1) is 0 Å². The minimum Gasteiger partial charge on any atom is -0.495 e. The zero-order valence-corrected chi connectivity index (χ0v) is 14.2. The van der Waals surface area contributed by atoms with Crippen molar-refractivity contribution < 1.29 is 9.53 Å². The molecule has 1 N–H and O–H groups in total. The Morgan fingerprint density at radius 1 is 1.21 bits per heavy atom. The number of amides is 1. The molecule has 1 aromatic carbocycles. The third-order valence-electron chi connectivity index (χ3n) is 3.72. The fourth-order valence-electron chi connectivity index (χ4n) is 2.50. The van der Waals surface area contributed by atoms with Crippen LogP contribution >= 0.6 is 0 Å². The Hall–Kier alpha value is -2.89. The van der Waals surface area contributed by atoms with Gasteiger partial charge in [-0.1, -0.05) is 32.9 Å². The molecule has 0 aliphatic heterocycles. The van der Waals surface area contributed by atoms with E-state index in [1.807, 2.05) is 12.1 Å². The molecule has 0 atom stereocenters. The maximum absolute atomic E-state index is 12.7. The van der Waals surface area contributed by atoms with Crippen LogP contribution in [-0.2, 0) is 5.41 Å². The number of carbonyl (C=O) groups is 1. The van der Waals surface area contributed by atoms with E-state index < -0.39 is 0 Å². The molecule has 3 rings (SSSR count). The van der Waals surface area contributed by atoms with Crippen LogP contribution in [0.15, 0.2) is 42.6 Å². The Labute approximate surface area is 140 Å². The van der Waals surface area contributed by atoms with E-state index in [-0.39, 0.29) is 11.3 Å². The number of hydrogen-bond acceptors (Lipinski definition) is 4. The highest BCUT2D eigenvalue weighted by Crippen LogP contribution is 2.26. The number of nitrogens with zero attached hydrogens (tertiary/aromatic N) is 3. The average Bonchev–Trinajstić information content (AvgIpc) is 3.01. The normalized spacial score (nSPS) is 11.5. The maximum atomic E-state index is 12.7. The third-order valence-corrected chi connectivity index (χ3v) is 3.72. The van der Waals surface area contributed by atoms with Crippen molar-refractivity contribution >= 4 is 17.2 Å². The number of ether oxygens (including phenoxy) is 1. The first-order chi connectivity index (χ1) is 11.4. The Morgan fingerprint density at radius 3 is 2.67 bits per heavy atom. The molecule has 0 saturated heterocycles. The first-order valence-electron chi connectivity index (χ1n) is 7.70. The summed E-state index contributed by atoms with van der Waals surface area (Å²) >= 11 is 0. The predicted octanol–water partition coefficient (Wildman–Crippen LogP) is 3.29. The molecule has 2 aromatic heterocycles. The van der Waals surface area contributed by atoms with Gasteiger partial charge in [-0.3, -0.25) is 4.79 Å². The van der Waals surface area contributed by atoms with Crippen molar-refractivity contribution in [3.63, 3.8) is 0 Å². The Balaban J connectivity index is 2.01. The standard InChI is InChI=1S/C18H20N4O2/c1-18(2,3)15-11-13(20-16-9-10-19-22(15)16)17(23)21-12-7-5-6-8-14(12)24-4/h5-11H,1-4H3,(H,21,23). The van der Waals surface area contributed by atoms with Crippen molar-refractivity contribution in [2.24, 2.45) is 0 Å². The number of nitrogens with one attached hydrogen (secondary N) is 1. The van der Waals surface area contributed by atoms with E-state index >= 15 is 0 Å². The zero-order valence-electron chi connectivity index (χ0n) is 14.2. The Bertz CT molecular complexity index is 893. The van der Waals surface area contributed by atoms with Gasteiger partial charge in [0, 0.05) is 11.5 Å². The fourth-order valence-corrected chi connectivity index (χ4v) is 2.50. The summed E-state index contributed by atoms with van der Waals surface area (Å²) in [5.74, 6) is 0.320. The monoisotopic (exact) mass is 324 g/mol. The van der Waals surface area contributed by atoms with Gasteiger partial charge in [-0.15, -0.1) is 0 Å². The van der Waals surface area contributed by atoms with Gasteiger partial charge in [0.2, 0.25) is 0 Å². The number of benzene rings is 1. The van der Waals surface area contributed by atoms with Crippen LogP contribution in [0.3, 0.4) is 0 Å². The van der Waals surface area contributed by atoms with Crippen molar-refractivity contribution in [1.29, 1.82) is 0 Å². The molecule has 6 heteroatoms. The van der Waals surface area contributed by atoms with Crippen LogP contribution in [0.1, 0.15) is 37.0 Å². The lowest BCUT2D eigenvalue weighted by molar-refractivity contribution is 0.102. The third kappa shape index (κ3) is 2.95. The van der Waals surface area contributed by atoms with Gasteiger partial charge in [0.05, 0.1) is 24.7 Å². The molecular weight excluding hydrogens is 304 g/mol. The maximum Gasteiger partial charge on any atom is 0.274 e. The van der Waals surface area contributed by atoms with Gasteiger partial charge < -0.3 is 10.1 Å². The molecule has 24 heavy (non-hydrogen) atoms. The summed E-state index contributed by atoms with van der Waals surface area (Å²) in [6, 6.07) is 10.8. The molecular formula is C18H20N4O2. The highest BCUT2D eigenvalue weighted by molar-refractivity contribution is 6.04. The summed E-state index contributed by atoms with van der Waals surface area (Å²) in [6.07, 6.45) is 1.68. The lowest BCUT2D eigenvalue weighted by Gasteiger charge is -2.20. The van der Waals surface area contributed by atoms with E-state index in [2.05, 4.69) is 36.2 Å². The second-order valence-corrected chi connectivity index (χ2v) is 6.53. The molecule has 3 aromatic rings. The minimum absolute atomic E-state index is 0.174. The van der Waals surface area contributed by atoms with Gasteiger partial charge in [-0.2, -0.15) is 5.10 Å². The quantitative estimate of drug-likeness (QED) is 0.803. The van der Waals surface area contributed by atoms with Gasteiger partial charge in [-0.05, 0) is 18.2 Å². The number of rotatable bonds is 3. The SMILES string of the molecule is COc1ccccc1NC(=O)c1cc(C(C)(C)C)n2nccc2n1. The summed E-state index contributed by atoms with van der Waals surface area (Å²) in [5, 5.41) is 7.16. The van der Waals surface area contributed by atoms with E-state index in [9.17, 15) is 4.79 Å². The van der Waals surface area contributed by atoms with Crippen molar-refractivity contribution in [2.45, 2.75) is 26.2 Å². The van der Waals surface area contributed by atoms with Crippen molar-refractivity contribution in [3.8, 4) is 5.75 Å². The largest absolute Gasteiger partial charge is 0.495 e. The smallest absolute Gasteiger partial charge is 0.274 e. The lowest BCUT2D eigenvalue weighted by atomic mass is 9.91. The number of para-hydroxylation sites is 2. The van der Waals surface area contributed by atoms with Gasteiger partial charge in [-0.25, -0.2) is 9.50 Å². The van der Waals surface area contributed by atoms with Gasteiger partial charge >= 0.3 is 0 Å². The van der Waals surface area contributed by atoms with E-state index in [1.54, 1.807) is 42.1 Å². The molecule has 124 valence electrons. The van der Waals surface area contributed by atoms with Gasteiger partial charge in [0.15, 0.2) is 5.65 Å². The highest BCUT2D eigenvalue weighted by Gasteiger charge is 2.22. The molecule has 0 bridgehead atoms. The molecule has 1 amide bonds. The number of anilines is 1. The molecule has 0 radical (unpaired) electrons. The summed E-state index contributed by atoms with van der Waals surface area (Å²) < 4.78 is 7.03. The average molecular weight is 324 g/mol. The van der Waals surface area contributed by atoms with Crippen LogP contribution < -0.4 is 10.1 Å². The highest BCUT2D eigenvalue weighted by atomic mass is 16.5. The topological polar surface area (TPSA) is 68.5 Å². The zero-order chi connectivity index (χ0) is 17.3. The molecule has 0 fully saturated rings. The van der Waals surface area contributed by atoms with Crippen LogP contribution in [0.2, 0.25) is 0 Å². The van der Waals surface area contributed by atoms with Crippen molar-refractivity contribution in [2.75, 3.05) is 12.4 Å². The first kappa shape index (κ1) is 16.0. The van der Waals surface area contributed by atoms with Crippen molar-refractivity contribution in [1.82, 2.24) is 14.6 Å². The summed E-state index contributed by atoms with van der Waals surface area (Å²) in [4.78, 5) is 17.1. The van der Waals surface area contributed by atoms with Crippen LogP contribution in [0.4, 0.5) is 5.69 Å². The fraction of sp³-hybridized carbons (Fsp3) is 0.278. The first-order valence-corrected chi connectivity index (χ1v) is 7.70. The number of aromatic nitrogens is 3. The molecule has 2 heterocycles. The molecule has 0 unspecified atom stereocenters. The molecule has 0 aliphatic carbocycles. The summed E-state index contributed by atoms with van der Waals surface area (Å²) in [6.45, 7) is 6.22. The Kier molecular flexibility index (Phi) is 3.97. The summed E-state index contributed by atoms with van der Waals surface area (Å²) in [7, 11) is 1.57. The minimum atomic E-state index is -0.284. The van der Waals surface area contributed by atoms with Crippen LogP contribution in [0.5, 0.6) is 5.75 Å². The Morgan fingerprint density at radius 2 is 1.96 bits per heavy atom. The lowest BCUT2D eigenvalue weighted by Crippen LogP contribution is -2.21. The number of carbonyl (C=O) groups excluding carboxylic acids is 1. The second kappa shape index (κ2) is 5.96. The van der Waals surface area contributed by atoms with Crippen LogP contribution in [0.25, 0.3) is 5.65 Å². The molecule has 6 nitrogen and oxygen atoms in total. The van der Waals surface area contributed by atoms with Gasteiger partial charge in [0.25, 0.3) is 5.91 Å². The van der Waals surface area contributed by atoms with E-state index in [1.165, 1.54) is 0 Å². The summed E-state index contributed by atoms with van der Waals surface area (Å²) in [5.41, 5.74) is 2.35. The van der Waals surface area contributed by atoms with E-state index in [0.717, 1.165) is 5.69 Å². The van der Waals surface area contributed by atoms with Gasteiger partial charge in [0.1, 0.15) is 11.4 Å². The second-order valence-electron chi connectivity index (χ2n) is 6.53. The van der Waals surface area contributed by atoms with E-state index in [0.29, 0.717) is 22.8 Å². The predicted molar refractivity (Wildman–Crippen MR) is 92.6 cm³/mol. The molecule has 0 saturated carbocycles. The molecule has 0 spiro atoms. The van der Waals surface area contributed by atoms with Crippen molar-refractivity contribution in [3.05, 3.63) is 54.0 Å².